The van der Waals surface area contributed by atoms with E-state index in [-0.39, 0.29) is 23.7 Å². The number of nitrogens with one attached hydrogen (secondary N) is 1. The van der Waals surface area contributed by atoms with Gasteiger partial charge in [0.15, 0.2) is 0 Å². The first-order valence-corrected chi connectivity index (χ1v) is 7.33. The summed E-state index contributed by atoms with van der Waals surface area (Å²) >= 11 is 0. The Balaban J connectivity index is 2.15. The summed E-state index contributed by atoms with van der Waals surface area (Å²) in [4.78, 5) is 25.4. The molecule has 0 aromatic heterocycles. The van der Waals surface area contributed by atoms with Gasteiger partial charge in [0.1, 0.15) is 0 Å². The van der Waals surface area contributed by atoms with Crippen LogP contribution in [0.15, 0.2) is 18.2 Å². The molecule has 5 nitrogen and oxygen atoms in total. The van der Waals surface area contributed by atoms with Crippen molar-refractivity contribution in [2.45, 2.75) is 52.1 Å². The second kappa shape index (κ2) is 6.16. The second-order valence-corrected chi connectivity index (χ2v) is 5.80. The number of urea groups is 1. The molecular weight excluding hydrogens is 268 g/mol. The topological polar surface area (TPSA) is 69.6 Å². The molecule has 0 aliphatic carbocycles. The van der Waals surface area contributed by atoms with Gasteiger partial charge < -0.3 is 15.3 Å². The first-order valence-electron chi connectivity index (χ1n) is 7.33. The van der Waals surface area contributed by atoms with Crippen LogP contribution in [0.5, 0.6) is 0 Å². The normalized spacial score (nSPS) is 22.0. The Kier molecular flexibility index (Phi) is 4.50. The quantitative estimate of drug-likeness (QED) is 0.876. The molecule has 2 unspecified atom stereocenters. The van der Waals surface area contributed by atoms with Crippen LogP contribution < -0.4 is 5.32 Å². The fourth-order valence-electron chi connectivity index (χ4n) is 2.94. The smallest absolute Gasteiger partial charge is 0.336 e. The Hall–Kier alpha value is -2.04. The number of hydrogen-bond acceptors (Lipinski definition) is 2. The summed E-state index contributed by atoms with van der Waals surface area (Å²) in [6.07, 6.45) is 3.15. The Morgan fingerprint density at radius 3 is 2.43 bits per heavy atom. The number of hydrogen-bond donors (Lipinski definition) is 2. The lowest BCUT2D eigenvalue weighted by Gasteiger charge is -2.38. The Morgan fingerprint density at radius 2 is 1.86 bits per heavy atom. The van der Waals surface area contributed by atoms with Crippen LogP contribution >= 0.6 is 0 Å². The summed E-state index contributed by atoms with van der Waals surface area (Å²) in [5.74, 6) is -0.983. The molecule has 1 aromatic rings. The Bertz CT molecular complexity index is 546. The zero-order valence-corrected chi connectivity index (χ0v) is 12.7. The maximum Gasteiger partial charge on any atom is 0.336 e. The van der Waals surface area contributed by atoms with Crippen LogP contribution in [-0.4, -0.2) is 34.1 Å². The number of rotatable bonds is 2. The van der Waals surface area contributed by atoms with Gasteiger partial charge in [-0.1, -0.05) is 6.07 Å². The minimum Gasteiger partial charge on any atom is -0.478 e. The highest BCUT2D eigenvalue weighted by Crippen LogP contribution is 2.24. The first-order chi connectivity index (χ1) is 9.90. The van der Waals surface area contributed by atoms with E-state index >= 15 is 0 Å². The summed E-state index contributed by atoms with van der Waals surface area (Å²) in [6.45, 7) is 5.84. The predicted molar refractivity (Wildman–Crippen MR) is 81.8 cm³/mol. The number of carboxylic acid groups (broad SMARTS) is 1. The predicted octanol–water partition coefficient (Wildman–Crippen LogP) is 3.49. The van der Waals surface area contributed by atoms with Gasteiger partial charge in [-0.2, -0.15) is 0 Å². The highest BCUT2D eigenvalue weighted by Gasteiger charge is 2.29. The Labute approximate surface area is 125 Å². The van der Waals surface area contributed by atoms with E-state index in [2.05, 4.69) is 5.32 Å². The minimum absolute atomic E-state index is 0.158. The molecular formula is C16H22N2O3. The summed E-state index contributed by atoms with van der Waals surface area (Å²) < 4.78 is 0. The fourth-order valence-corrected chi connectivity index (χ4v) is 2.94. The molecule has 5 heteroatoms. The molecule has 0 spiro atoms. The number of carbonyl (C=O) groups excluding carboxylic acids is 1. The lowest BCUT2D eigenvalue weighted by Crippen LogP contribution is -2.49. The lowest BCUT2D eigenvalue weighted by molar-refractivity contribution is 0.0696. The van der Waals surface area contributed by atoms with Crippen molar-refractivity contribution in [2.24, 2.45) is 0 Å². The van der Waals surface area contributed by atoms with E-state index in [0.29, 0.717) is 11.3 Å². The monoisotopic (exact) mass is 290 g/mol. The number of piperidine rings is 1. The zero-order valence-electron chi connectivity index (χ0n) is 12.7. The van der Waals surface area contributed by atoms with Crippen LogP contribution in [0, 0.1) is 6.92 Å². The minimum atomic E-state index is -0.983. The molecule has 1 saturated heterocycles. The third-order valence-corrected chi connectivity index (χ3v) is 4.15. The van der Waals surface area contributed by atoms with Gasteiger partial charge in [-0.3, -0.25) is 0 Å². The molecule has 1 aliphatic rings. The number of aromatic carboxylic acids is 1. The molecule has 0 bridgehead atoms. The average Bonchev–Trinajstić information content (AvgIpc) is 2.40. The highest BCUT2D eigenvalue weighted by molar-refractivity contribution is 5.94. The maximum absolute atomic E-state index is 12.4. The molecule has 2 amide bonds. The van der Waals surface area contributed by atoms with Gasteiger partial charge in [0, 0.05) is 17.8 Å². The largest absolute Gasteiger partial charge is 0.478 e. The van der Waals surface area contributed by atoms with Gasteiger partial charge in [-0.15, -0.1) is 0 Å². The number of likely N-dealkylation sites (tertiary alicyclic amines) is 1. The van der Waals surface area contributed by atoms with E-state index in [4.69, 9.17) is 5.11 Å². The SMILES string of the molecule is Cc1ccc(NC(=O)N2C(C)CCCC2C)cc1C(=O)O. The van der Waals surface area contributed by atoms with E-state index < -0.39 is 5.97 Å². The van der Waals surface area contributed by atoms with E-state index in [9.17, 15) is 9.59 Å². The summed E-state index contributed by atoms with van der Waals surface area (Å²) in [5, 5.41) is 12.0. The summed E-state index contributed by atoms with van der Waals surface area (Å²) in [5.41, 5.74) is 1.42. The standard InChI is InChI=1S/C16H22N2O3/c1-10-7-8-13(9-14(10)15(19)20)17-16(21)18-11(2)5-4-6-12(18)3/h7-9,11-12H,4-6H2,1-3H3,(H,17,21)(H,19,20). The summed E-state index contributed by atoms with van der Waals surface area (Å²) in [7, 11) is 0. The third kappa shape index (κ3) is 3.35. The molecule has 0 radical (unpaired) electrons. The molecule has 1 fully saturated rings. The molecule has 2 N–H and O–H groups in total. The van der Waals surface area contributed by atoms with Crippen molar-refractivity contribution in [3.63, 3.8) is 0 Å². The van der Waals surface area contributed by atoms with Crippen LogP contribution in [0.3, 0.4) is 0 Å². The van der Waals surface area contributed by atoms with E-state index in [1.54, 1.807) is 19.1 Å². The van der Waals surface area contributed by atoms with Gasteiger partial charge in [0.05, 0.1) is 5.56 Å². The number of anilines is 1. The number of benzene rings is 1. The van der Waals surface area contributed by atoms with Crippen LogP contribution in [0.4, 0.5) is 10.5 Å². The van der Waals surface area contributed by atoms with Crippen molar-refractivity contribution in [3.05, 3.63) is 29.3 Å². The van der Waals surface area contributed by atoms with Crippen LogP contribution in [0.25, 0.3) is 0 Å². The third-order valence-electron chi connectivity index (χ3n) is 4.15. The number of carbonyl (C=O) groups is 2. The van der Waals surface area contributed by atoms with Gasteiger partial charge >= 0.3 is 12.0 Å². The summed E-state index contributed by atoms with van der Waals surface area (Å²) in [6, 6.07) is 5.21. The van der Waals surface area contributed by atoms with Crippen LogP contribution in [-0.2, 0) is 0 Å². The van der Waals surface area contributed by atoms with Gasteiger partial charge in [0.2, 0.25) is 0 Å². The van der Waals surface area contributed by atoms with Crippen molar-refractivity contribution in [1.29, 1.82) is 0 Å². The molecule has 114 valence electrons. The van der Waals surface area contributed by atoms with Crippen LogP contribution in [0.2, 0.25) is 0 Å². The second-order valence-electron chi connectivity index (χ2n) is 5.80. The average molecular weight is 290 g/mol. The molecule has 1 heterocycles. The maximum atomic E-state index is 12.4. The molecule has 1 aromatic carbocycles. The molecule has 2 rings (SSSR count). The van der Waals surface area contributed by atoms with Crippen molar-refractivity contribution >= 4 is 17.7 Å². The highest BCUT2D eigenvalue weighted by atomic mass is 16.4. The fraction of sp³-hybridized carbons (Fsp3) is 0.500. The first kappa shape index (κ1) is 15.4. The molecule has 2 atom stereocenters. The number of carboxylic acids is 1. The lowest BCUT2D eigenvalue weighted by atomic mass is 9.98. The van der Waals surface area contributed by atoms with Crippen LogP contribution in [0.1, 0.15) is 49.0 Å². The number of aryl methyl sites for hydroxylation is 1. The van der Waals surface area contributed by atoms with Crippen molar-refractivity contribution < 1.29 is 14.7 Å². The molecule has 1 aliphatic heterocycles. The Morgan fingerprint density at radius 1 is 1.24 bits per heavy atom. The van der Waals surface area contributed by atoms with Gasteiger partial charge in [-0.25, -0.2) is 9.59 Å². The molecule has 0 saturated carbocycles. The van der Waals surface area contributed by atoms with Gasteiger partial charge in [-0.05, 0) is 57.7 Å². The number of nitrogens with zero attached hydrogens (tertiary/aromatic N) is 1. The molecule has 21 heavy (non-hydrogen) atoms. The zero-order chi connectivity index (χ0) is 15.6. The van der Waals surface area contributed by atoms with Gasteiger partial charge in [0.25, 0.3) is 0 Å². The van der Waals surface area contributed by atoms with Crippen molar-refractivity contribution in [2.75, 3.05) is 5.32 Å². The van der Waals surface area contributed by atoms with Crippen molar-refractivity contribution in [3.8, 4) is 0 Å². The van der Waals surface area contributed by atoms with Crippen molar-refractivity contribution in [1.82, 2.24) is 4.90 Å². The van der Waals surface area contributed by atoms with E-state index in [0.717, 1.165) is 19.3 Å². The number of amides is 2. The van der Waals surface area contributed by atoms with E-state index in [1.165, 1.54) is 6.07 Å². The van der Waals surface area contributed by atoms with E-state index in [1.807, 2.05) is 18.7 Å².